The van der Waals surface area contributed by atoms with E-state index < -0.39 is 5.60 Å². The molecule has 5 heteroatoms. The zero-order valence-corrected chi connectivity index (χ0v) is 18.4. The van der Waals surface area contributed by atoms with Crippen LogP contribution in [-0.2, 0) is 9.53 Å². The van der Waals surface area contributed by atoms with Crippen molar-refractivity contribution in [1.29, 1.82) is 0 Å². The molecule has 0 spiro atoms. The molecule has 1 amide bonds. The van der Waals surface area contributed by atoms with Crippen LogP contribution in [0.4, 0.5) is 5.69 Å². The molecule has 1 heterocycles. The number of nitrogens with zero attached hydrogens (tertiary/aromatic N) is 1. The van der Waals surface area contributed by atoms with E-state index in [2.05, 4.69) is 31.0 Å². The molecule has 162 valence electrons. The first-order valence-corrected chi connectivity index (χ1v) is 11.4. The number of ether oxygens (including phenoxy) is 2. The lowest BCUT2D eigenvalue weighted by atomic mass is 9.92. The van der Waals surface area contributed by atoms with Gasteiger partial charge in [0.15, 0.2) is 0 Å². The number of carbonyl (C=O) groups excluding carboxylic acids is 1. The van der Waals surface area contributed by atoms with Crippen LogP contribution in [0.15, 0.2) is 24.3 Å². The van der Waals surface area contributed by atoms with E-state index in [1.54, 1.807) is 0 Å². The highest BCUT2D eigenvalue weighted by Crippen LogP contribution is 2.34. The number of rotatable bonds is 9. The van der Waals surface area contributed by atoms with Gasteiger partial charge in [-0.2, -0.15) is 0 Å². The molecule has 1 aliphatic carbocycles. The molecule has 0 aromatic heterocycles. The molecule has 2 aliphatic rings. The number of benzene rings is 1. The van der Waals surface area contributed by atoms with Gasteiger partial charge in [0, 0.05) is 31.9 Å². The van der Waals surface area contributed by atoms with Crippen molar-refractivity contribution in [3.8, 4) is 5.75 Å². The number of amides is 1. The predicted molar refractivity (Wildman–Crippen MR) is 117 cm³/mol. The van der Waals surface area contributed by atoms with E-state index in [0.29, 0.717) is 13.2 Å². The largest absolute Gasteiger partial charge is 0.492 e. The second-order valence-electron chi connectivity index (χ2n) is 9.08. The lowest BCUT2D eigenvalue weighted by molar-refractivity contribution is -0.140. The number of nitrogens with one attached hydrogen (secondary N) is 1. The van der Waals surface area contributed by atoms with Gasteiger partial charge in [-0.3, -0.25) is 9.69 Å². The Morgan fingerprint density at radius 1 is 1.10 bits per heavy atom. The summed E-state index contributed by atoms with van der Waals surface area (Å²) in [7, 11) is 0. The third-order valence-electron chi connectivity index (χ3n) is 6.14. The average Bonchev–Trinajstić information content (AvgIpc) is 3.17. The average molecular weight is 403 g/mol. The molecule has 2 atom stereocenters. The second-order valence-corrected chi connectivity index (χ2v) is 9.08. The molecule has 1 aromatic rings. The minimum absolute atomic E-state index is 0.00884. The molecule has 1 aromatic carbocycles. The van der Waals surface area contributed by atoms with E-state index >= 15 is 0 Å². The zero-order chi connectivity index (χ0) is 20.7. The van der Waals surface area contributed by atoms with Gasteiger partial charge in [0.25, 0.3) is 5.91 Å². The van der Waals surface area contributed by atoms with E-state index in [9.17, 15) is 4.79 Å². The third-order valence-corrected chi connectivity index (χ3v) is 6.14. The quantitative estimate of drug-likeness (QED) is 0.649. The van der Waals surface area contributed by atoms with Gasteiger partial charge in [0.1, 0.15) is 18.0 Å². The Kier molecular flexibility index (Phi) is 7.96. The molecule has 1 N–H and O–H groups in total. The van der Waals surface area contributed by atoms with Crippen molar-refractivity contribution in [2.75, 3.05) is 38.2 Å². The fourth-order valence-electron chi connectivity index (χ4n) is 4.83. The normalized spacial score (nSPS) is 24.4. The van der Waals surface area contributed by atoms with Gasteiger partial charge < -0.3 is 14.8 Å². The zero-order valence-electron chi connectivity index (χ0n) is 18.4. The molecule has 1 aliphatic heterocycles. The molecular formula is C24H38N2O3. The molecule has 2 fully saturated rings. The number of hydrogen-bond acceptors (Lipinski definition) is 4. The van der Waals surface area contributed by atoms with E-state index in [1.807, 2.05) is 24.3 Å². The highest BCUT2D eigenvalue weighted by atomic mass is 16.5. The van der Waals surface area contributed by atoms with Crippen molar-refractivity contribution in [1.82, 2.24) is 4.90 Å². The summed E-state index contributed by atoms with van der Waals surface area (Å²) >= 11 is 0. The fraction of sp³-hybridized carbons (Fsp3) is 0.708. The van der Waals surface area contributed by atoms with Crippen LogP contribution in [0.5, 0.6) is 5.75 Å². The molecular weight excluding hydrogens is 364 g/mol. The van der Waals surface area contributed by atoms with Crippen molar-refractivity contribution < 1.29 is 14.3 Å². The van der Waals surface area contributed by atoms with E-state index in [0.717, 1.165) is 61.9 Å². The maximum absolute atomic E-state index is 12.9. The van der Waals surface area contributed by atoms with Gasteiger partial charge >= 0.3 is 0 Å². The highest BCUT2D eigenvalue weighted by Gasteiger charge is 2.42. The van der Waals surface area contributed by atoms with Crippen molar-refractivity contribution >= 4 is 11.6 Å². The lowest BCUT2D eigenvalue weighted by Gasteiger charge is -2.34. The standard InChI is InChI=1S/C24H38N2O3/c1-4-14-29-24(11-5-6-12-24)23(27)25-21-7-9-22(10-8-21)28-15-13-26-17-19(2)16-20(3)18-26/h7-10,19-20H,4-6,11-18H2,1-3H3,(H,25,27)/t19-,20-/m1/s1. The summed E-state index contributed by atoms with van der Waals surface area (Å²) in [6.07, 6.45) is 5.99. The number of anilines is 1. The molecule has 1 saturated carbocycles. The first-order chi connectivity index (χ1) is 14.0. The Bertz CT molecular complexity index is 630. The third kappa shape index (κ3) is 6.19. The molecule has 0 bridgehead atoms. The minimum atomic E-state index is -0.645. The SMILES string of the molecule is CCCOC1(C(=O)Nc2ccc(OCCN3C[C@H](C)C[C@@H](C)C3)cc2)CCCC1. The van der Waals surface area contributed by atoms with Crippen LogP contribution < -0.4 is 10.1 Å². The first-order valence-electron chi connectivity index (χ1n) is 11.4. The van der Waals surface area contributed by atoms with E-state index in [-0.39, 0.29) is 5.91 Å². The summed E-state index contributed by atoms with van der Waals surface area (Å²) in [5.74, 6) is 2.38. The molecule has 5 nitrogen and oxygen atoms in total. The van der Waals surface area contributed by atoms with Gasteiger partial charge in [0.2, 0.25) is 0 Å². The molecule has 29 heavy (non-hydrogen) atoms. The topological polar surface area (TPSA) is 50.8 Å². The summed E-state index contributed by atoms with van der Waals surface area (Å²) in [6, 6.07) is 7.71. The summed E-state index contributed by atoms with van der Waals surface area (Å²) in [5.41, 5.74) is 0.154. The Morgan fingerprint density at radius 3 is 2.38 bits per heavy atom. The van der Waals surface area contributed by atoms with Crippen LogP contribution in [0.2, 0.25) is 0 Å². The summed E-state index contributed by atoms with van der Waals surface area (Å²) in [5, 5.41) is 3.05. The van der Waals surface area contributed by atoms with Crippen LogP contribution in [0.25, 0.3) is 0 Å². The predicted octanol–water partition coefficient (Wildman–Crippen LogP) is 4.72. The minimum Gasteiger partial charge on any atom is -0.492 e. The van der Waals surface area contributed by atoms with Crippen LogP contribution in [0.3, 0.4) is 0 Å². The summed E-state index contributed by atoms with van der Waals surface area (Å²) < 4.78 is 11.9. The van der Waals surface area contributed by atoms with Gasteiger partial charge in [-0.15, -0.1) is 0 Å². The maximum atomic E-state index is 12.9. The van der Waals surface area contributed by atoms with Gasteiger partial charge in [0.05, 0.1) is 0 Å². The number of carbonyl (C=O) groups is 1. The monoisotopic (exact) mass is 402 g/mol. The van der Waals surface area contributed by atoms with Crippen molar-refractivity contribution in [2.45, 2.75) is 64.9 Å². The van der Waals surface area contributed by atoms with Gasteiger partial charge in [-0.05, 0) is 74.6 Å². The number of hydrogen-bond donors (Lipinski definition) is 1. The Hall–Kier alpha value is -1.59. The Balaban J connectivity index is 1.46. The van der Waals surface area contributed by atoms with Crippen molar-refractivity contribution in [2.24, 2.45) is 11.8 Å². The van der Waals surface area contributed by atoms with E-state index in [4.69, 9.17) is 9.47 Å². The van der Waals surface area contributed by atoms with Gasteiger partial charge in [-0.1, -0.05) is 20.8 Å². The smallest absolute Gasteiger partial charge is 0.256 e. The lowest BCUT2D eigenvalue weighted by Crippen LogP contribution is -2.43. The number of likely N-dealkylation sites (tertiary alicyclic amines) is 1. The molecule has 1 saturated heterocycles. The number of piperidine rings is 1. The Morgan fingerprint density at radius 2 is 1.76 bits per heavy atom. The summed E-state index contributed by atoms with van der Waals surface area (Å²) in [6.45, 7) is 11.4. The second kappa shape index (κ2) is 10.4. The van der Waals surface area contributed by atoms with E-state index in [1.165, 1.54) is 19.5 Å². The fourth-order valence-corrected chi connectivity index (χ4v) is 4.83. The summed E-state index contributed by atoms with van der Waals surface area (Å²) in [4.78, 5) is 15.4. The molecule has 0 unspecified atom stereocenters. The molecule has 3 rings (SSSR count). The molecule has 0 radical (unpaired) electrons. The first kappa shape index (κ1) is 22.1. The van der Waals surface area contributed by atoms with Crippen molar-refractivity contribution in [3.05, 3.63) is 24.3 Å². The van der Waals surface area contributed by atoms with Crippen LogP contribution in [0, 0.1) is 11.8 Å². The maximum Gasteiger partial charge on any atom is 0.256 e. The Labute approximate surface area is 176 Å². The van der Waals surface area contributed by atoms with Crippen molar-refractivity contribution in [3.63, 3.8) is 0 Å². The van der Waals surface area contributed by atoms with Gasteiger partial charge in [-0.25, -0.2) is 0 Å². The highest BCUT2D eigenvalue weighted by molar-refractivity contribution is 5.97. The van der Waals surface area contributed by atoms with Crippen LogP contribution in [0.1, 0.15) is 59.3 Å². The van der Waals surface area contributed by atoms with Crippen LogP contribution in [-0.4, -0.2) is 49.3 Å². The van der Waals surface area contributed by atoms with Crippen LogP contribution >= 0.6 is 0 Å².